The number of aliphatic hydroxyl groups excluding tert-OH is 1. The summed E-state index contributed by atoms with van der Waals surface area (Å²) in [6.45, 7) is 3.16. The van der Waals surface area contributed by atoms with Gasteiger partial charge in [-0.2, -0.15) is 0 Å². The van der Waals surface area contributed by atoms with Gasteiger partial charge in [0, 0.05) is 37.8 Å². The largest absolute Gasteiger partial charge is 0.507 e. The van der Waals surface area contributed by atoms with E-state index in [2.05, 4.69) is 4.90 Å². The van der Waals surface area contributed by atoms with Gasteiger partial charge in [0.05, 0.1) is 37.5 Å². The first kappa shape index (κ1) is 22.8. The van der Waals surface area contributed by atoms with E-state index in [4.69, 9.17) is 9.47 Å². The van der Waals surface area contributed by atoms with E-state index in [1.54, 1.807) is 6.07 Å². The maximum atomic E-state index is 14.8. The second-order valence-corrected chi connectivity index (χ2v) is 7.85. The van der Waals surface area contributed by atoms with Gasteiger partial charge in [-0.3, -0.25) is 14.5 Å². The Morgan fingerprint density at radius 3 is 2.55 bits per heavy atom. The number of carbonyl (C=O) groups excluding carboxylic acids is 2. The predicted octanol–water partition coefficient (Wildman–Crippen LogP) is 2.29. The molecule has 2 saturated heterocycles. The summed E-state index contributed by atoms with van der Waals surface area (Å²) in [6.07, 6.45) is 0. The number of rotatable bonds is 6. The molecular weight excluding hydrogens is 431 g/mol. The molecule has 1 unspecified atom stereocenters. The lowest BCUT2D eigenvalue weighted by Crippen LogP contribution is -2.42. The monoisotopic (exact) mass is 456 g/mol. The average molecular weight is 456 g/mol. The SMILES string of the molecule is COc1ccc(/C(O)=C2\C(=O)C(=O)N(CCN3CCOCC3)C2c2ccccc2F)c(O)c1. The molecule has 0 aromatic heterocycles. The van der Waals surface area contributed by atoms with Crippen LogP contribution in [-0.2, 0) is 14.3 Å². The fourth-order valence-electron chi connectivity index (χ4n) is 4.19. The van der Waals surface area contributed by atoms with Gasteiger partial charge in [-0.1, -0.05) is 18.2 Å². The Bertz CT molecular complexity index is 1100. The number of aliphatic hydroxyl groups is 1. The van der Waals surface area contributed by atoms with Gasteiger partial charge in [0.25, 0.3) is 11.7 Å². The van der Waals surface area contributed by atoms with Crippen molar-refractivity contribution in [3.05, 3.63) is 65.0 Å². The topological polar surface area (TPSA) is 99.5 Å². The first-order chi connectivity index (χ1) is 15.9. The van der Waals surface area contributed by atoms with Gasteiger partial charge in [0.2, 0.25) is 0 Å². The van der Waals surface area contributed by atoms with E-state index in [1.807, 2.05) is 0 Å². The standard InChI is InChI=1S/C24H25FN2O6/c1-32-15-6-7-17(19(28)14-15)22(29)20-21(16-4-2-3-5-18(16)25)27(24(31)23(20)30)9-8-26-10-12-33-13-11-26/h2-7,14,21,28-29H,8-13H2,1H3/b22-20+. The lowest BCUT2D eigenvalue weighted by atomic mass is 9.94. The zero-order chi connectivity index (χ0) is 23.5. The lowest BCUT2D eigenvalue weighted by molar-refractivity contribution is -0.140. The minimum atomic E-state index is -1.13. The fourth-order valence-corrected chi connectivity index (χ4v) is 4.19. The Morgan fingerprint density at radius 1 is 1.15 bits per heavy atom. The molecule has 9 heteroatoms. The molecule has 2 aromatic carbocycles. The van der Waals surface area contributed by atoms with Crippen LogP contribution in [0.4, 0.5) is 4.39 Å². The molecule has 1 amide bonds. The Labute approximate surface area is 190 Å². The minimum Gasteiger partial charge on any atom is -0.507 e. The molecule has 2 fully saturated rings. The van der Waals surface area contributed by atoms with Crippen LogP contribution in [0.1, 0.15) is 17.2 Å². The molecule has 4 rings (SSSR count). The third-order valence-corrected chi connectivity index (χ3v) is 5.96. The van der Waals surface area contributed by atoms with E-state index < -0.39 is 29.3 Å². The number of halogens is 1. The van der Waals surface area contributed by atoms with Gasteiger partial charge in [0.15, 0.2) is 0 Å². The molecule has 0 saturated carbocycles. The summed E-state index contributed by atoms with van der Waals surface area (Å²) in [5.74, 6) is -2.93. The van der Waals surface area contributed by atoms with Crippen molar-refractivity contribution >= 4 is 17.4 Å². The van der Waals surface area contributed by atoms with Crippen molar-refractivity contribution < 1.29 is 33.7 Å². The van der Waals surface area contributed by atoms with Crippen molar-refractivity contribution in [2.75, 3.05) is 46.5 Å². The third kappa shape index (κ3) is 4.42. The highest BCUT2D eigenvalue weighted by Gasteiger charge is 2.47. The normalized spacial score (nSPS) is 20.9. The van der Waals surface area contributed by atoms with E-state index in [-0.39, 0.29) is 29.0 Å². The number of hydrogen-bond acceptors (Lipinski definition) is 7. The van der Waals surface area contributed by atoms with Gasteiger partial charge >= 0.3 is 0 Å². The summed E-state index contributed by atoms with van der Waals surface area (Å²) in [7, 11) is 1.42. The second kappa shape index (κ2) is 9.60. The highest BCUT2D eigenvalue weighted by molar-refractivity contribution is 6.46. The molecule has 8 nitrogen and oxygen atoms in total. The number of morpholine rings is 1. The minimum absolute atomic E-state index is 0.0525. The van der Waals surface area contributed by atoms with Crippen LogP contribution in [0.2, 0.25) is 0 Å². The highest BCUT2D eigenvalue weighted by atomic mass is 19.1. The zero-order valence-corrected chi connectivity index (χ0v) is 18.2. The number of benzene rings is 2. The van der Waals surface area contributed by atoms with Crippen LogP contribution in [0.3, 0.4) is 0 Å². The van der Waals surface area contributed by atoms with Crippen LogP contribution in [0.5, 0.6) is 11.5 Å². The summed E-state index contributed by atoms with van der Waals surface area (Å²) in [5, 5.41) is 21.4. The van der Waals surface area contributed by atoms with Gasteiger partial charge in [0.1, 0.15) is 23.1 Å². The predicted molar refractivity (Wildman–Crippen MR) is 117 cm³/mol. The van der Waals surface area contributed by atoms with Crippen LogP contribution in [-0.4, -0.2) is 78.2 Å². The number of amides is 1. The molecule has 2 aromatic rings. The number of ether oxygens (including phenoxy) is 2. The van der Waals surface area contributed by atoms with Crippen LogP contribution < -0.4 is 4.74 Å². The quantitative estimate of drug-likeness (QED) is 0.391. The molecule has 0 bridgehead atoms. The number of methoxy groups -OCH3 is 1. The molecule has 0 spiro atoms. The fraction of sp³-hybridized carbons (Fsp3) is 0.333. The average Bonchev–Trinajstić information content (AvgIpc) is 3.08. The molecular formula is C24H25FN2O6. The summed E-state index contributed by atoms with van der Waals surface area (Å²) in [5.41, 5.74) is -0.232. The van der Waals surface area contributed by atoms with Crippen LogP contribution >= 0.6 is 0 Å². The smallest absolute Gasteiger partial charge is 0.295 e. The first-order valence-electron chi connectivity index (χ1n) is 10.6. The lowest BCUT2D eigenvalue weighted by Gasteiger charge is -2.31. The number of nitrogens with zero attached hydrogens (tertiary/aromatic N) is 2. The molecule has 2 N–H and O–H groups in total. The summed E-state index contributed by atoms with van der Waals surface area (Å²) in [6, 6.07) is 8.86. The van der Waals surface area contributed by atoms with Crippen molar-refractivity contribution in [2.45, 2.75) is 6.04 Å². The maximum absolute atomic E-state index is 14.8. The van der Waals surface area contributed by atoms with E-state index in [0.29, 0.717) is 38.6 Å². The van der Waals surface area contributed by atoms with Crippen LogP contribution in [0.25, 0.3) is 5.76 Å². The number of ketones is 1. The first-order valence-corrected chi connectivity index (χ1v) is 10.6. The van der Waals surface area contributed by atoms with Crippen molar-refractivity contribution in [1.29, 1.82) is 0 Å². The molecule has 1 atom stereocenters. The maximum Gasteiger partial charge on any atom is 0.295 e. The summed E-state index contributed by atoms with van der Waals surface area (Å²) in [4.78, 5) is 29.4. The van der Waals surface area contributed by atoms with Crippen LogP contribution in [0, 0.1) is 5.82 Å². The number of phenolic OH excluding ortho intramolecular Hbond substituents is 1. The summed E-state index contributed by atoms with van der Waals surface area (Å²) >= 11 is 0. The number of hydrogen-bond donors (Lipinski definition) is 2. The van der Waals surface area contributed by atoms with E-state index in [9.17, 15) is 24.2 Å². The Morgan fingerprint density at radius 2 is 1.88 bits per heavy atom. The van der Waals surface area contributed by atoms with Crippen LogP contribution in [0.15, 0.2) is 48.0 Å². The number of aromatic hydroxyl groups is 1. The molecule has 0 aliphatic carbocycles. The van der Waals surface area contributed by atoms with Gasteiger partial charge < -0.3 is 24.6 Å². The Hall–Kier alpha value is -3.43. The van der Waals surface area contributed by atoms with E-state index in [1.165, 1.54) is 48.4 Å². The molecule has 174 valence electrons. The van der Waals surface area contributed by atoms with Gasteiger partial charge in [-0.25, -0.2) is 4.39 Å². The van der Waals surface area contributed by atoms with Crippen molar-refractivity contribution in [3.8, 4) is 11.5 Å². The van der Waals surface area contributed by atoms with Crippen molar-refractivity contribution in [2.24, 2.45) is 0 Å². The third-order valence-electron chi connectivity index (χ3n) is 5.96. The Kier molecular flexibility index (Phi) is 6.62. The van der Waals surface area contributed by atoms with Crippen molar-refractivity contribution in [3.63, 3.8) is 0 Å². The molecule has 2 heterocycles. The van der Waals surface area contributed by atoms with Gasteiger partial charge in [-0.15, -0.1) is 0 Å². The number of phenols is 1. The Balaban J connectivity index is 1.77. The summed E-state index contributed by atoms with van der Waals surface area (Å²) < 4.78 is 25.2. The highest BCUT2D eigenvalue weighted by Crippen LogP contribution is 2.41. The second-order valence-electron chi connectivity index (χ2n) is 7.85. The molecule has 0 radical (unpaired) electrons. The molecule has 2 aliphatic rings. The van der Waals surface area contributed by atoms with Crippen molar-refractivity contribution in [1.82, 2.24) is 9.80 Å². The van der Waals surface area contributed by atoms with E-state index in [0.717, 1.165) is 0 Å². The molecule has 33 heavy (non-hydrogen) atoms. The van der Waals surface area contributed by atoms with E-state index >= 15 is 0 Å². The number of carbonyl (C=O) groups is 2. The number of likely N-dealkylation sites (tertiary alicyclic amines) is 1. The number of Topliss-reactive ketones (excluding diaryl/α,β-unsaturated/α-hetero) is 1. The van der Waals surface area contributed by atoms with Gasteiger partial charge in [-0.05, 0) is 18.2 Å². The molecule has 2 aliphatic heterocycles. The zero-order valence-electron chi connectivity index (χ0n) is 18.2.